The summed E-state index contributed by atoms with van der Waals surface area (Å²) in [6.45, 7) is 3.65. The van der Waals surface area contributed by atoms with Crippen molar-refractivity contribution < 1.29 is 13.2 Å². The Kier molecular flexibility index (Phi) is 7.54. The van der Waals surface area contributed by atoms with Gasteiger partial charge in [0.05, 0.1) is 26.7 Å². The van der Waals surface area contributed by atoms with E-state index in [9.17, 15) is 13.2 Å². The number of urea groups is 1. The lowest BCUT2D eigenvalue weighted by Crippen LogP contribution is -2.31. The van der Waals surface area contributed by atoms with Gasteiger partial charge in [0.1, 0.15) is 0 Å². The van der Waals surface area contributed by atoms with Crippen LogP contribution in [0.1, 0.15) is 33.8 Å². The van der Waals surface area contributed by atoms with E-state index in [0.29, 0.717) is 21.3 Å². The van der Waals surface area contributed by atoms with Crippen molar-refractivity contribution >= 4 is 56.1 Å². The topological polar surface area (TPSA) is 78.5 Å². The van der Waals surface area contributed by atoms with Gasteiger partial charge in [-0.05, 0) is 67.9 Å². The Labute approximate surface area is 213 Å². The van der Waals surface area contributed by atoms with Crippen LogP contribution in [0.4, 0.5) is 10.5 Å². The van der Waals surface area contributed by atoms with Crippen LogP contribution in [-0.4, -0.2) is 32.9 Å². The Morgan fingerprint density at radius 1 is 1.18 bits per heavy atom. The Morgan fingerprint density at radius 2 is 1.91 bits per heavy atom. The fourth-order valence-corrected chi connectivity index (χ4v) is 7.23. The van der Waals surface area contributed by atoms with Gasteiger partial charge in [-0.25, -0.2) is 13.2 Å². The molecule has 0 bridgehead atoms. The number of carbonyl (C=O) groups is 1. The Balaban J connectivity index is 1.38. The lowest BCUT2D eigenvalue weighted by Gasteiger charge is -2.21. The highest BCUT2D eigenvalue weighted by Crippen LogP contribution is 2.31. The summed E-state index contributed by atoms with van der Waals surface area (Å²) < 4.78 is 25.9. The first-order valence-electron chi connectivity index (χ1n) is 10.8. The first-order chi connectivity index (χ1) is 16.1. The quantitative estimate of drug-likeness (QED) is 0.410. The van der Waals surface area contributed by atoms with Crippen LogP contribution in [0, 0.1) is 0 Å². The lowest BCUT2D eigenvalue weighted by molar-refractivity contribution is 0.249. The van der Waals surface area contributed by atoms with Gasteiger partial charge in [-0.1, -0.05) is 35.3 Å². The Hall–Kier alpha value is -2.10. The zero-order valence-electron chi connectivity index (χ0n) is 18.8. The number of nitrogens with zero attached hydrogens (tertiary/aromatic N) is 1. The molecule has 1 aromatic heterocycles. The van der Waals surface area contributed by atoms with Gasteiger partial charge in [-0.3, -0.25) is 0 Å². The highest BCUT2D eigenvalue weighted by atomic mass is 35.5. The minimum Gasteiger partial charge on any atom is -0.331 e. The smallest absolute Gasteiger partial charge is 0.319 e. The maximum atomic E-state index is 12.9. The van der Waals surface area contributed by atoms with Gasteiger partial charge >= 0.3 is 6.03 Å². The molecule has 0 spiro atoms. The molecule has 10 heteroatoms. The molecule has 1 aliphatic heterocycles. The van der Waals surface area contributed by atoms with Crippen LogP contribution >= 0.6 is 34.5 Å². The number of hydrogen-bond acceptors (Lipinski definition) is 5. The van der Waals surface area contributed by atoms with Gasteiger partial charge in [-0.2, -0.15) is 0 Å². The molecule has 2 heterocycles. The SMILES string of the molecule is CC(NC(=O)Nc1ccc(S(=O)(=O)Cc2cc3c(s2)CCN(C)C3)cc1)c1cccc(Cl)c1Cl. The second-order valence-corrected chi connectivity index (χ2v) is 12.4. The number of benzene rings is 2. The zero-order chi connectivity index (χ0) is 24.5. The fraction of sp³-hybridized carbons (Fsp3) is 0.292. The number of fused-ring (bicyclic) bond motifs is 1. The number of amides is 2. The van der Waals surface area contributed by atoms with E-state index in [0.717, 1.165) is 24.4 Å². The summed E-state index contributed by atoms with van der Waals surface area (Å²) in [5.41, 5.74) is 2.41. The van der Waals surface area contributed by atoms with Crippen molar-refractivity contribution in [3.05, 3.63) is 79.5 Å². The summed E-state index contributed by atoms with van der Waals surface area (Å²) in [6, 6.07) is 12.6. The molecule has 180 valence electrons. The van der Waals surface area contributed by atoms with E-state index in [-0.39, 0.29) is 16.7 Å². The lowest BCUT2D eigenvalue weighted by atomic mass is 10.1. The molecule has 0 saturated heterocycles. The molecule has 0 saturated carbocycles. The maximum Gasteiger partial charge on any atom is 0.319 e. The van der Waals surface area contributed by atoms with E-state index in [1.807, 2.05) is 6.07 Å². The average Bonchev–Trinajstić information content (AvgIpc) is 3.16. The second-order valence-electron chi connectivity index (χ2n) is 8.40. The molecule has 3 aromatic rings. The van der Waals surface area contributed by atoms with Gasteiger partial charge in [-0.15, -0.1) is 11.3 Å². The molecule has 1 aliphatic rings. The summed E-state index contributed by atoms with van der Waals surface area (Å²) in [5.74, 6) is -0.0282. The van der Waals surface area contributed by atoms with Crippen LogP contribution in [0.15, 0.2) is 53.4 Å². The minimum absolute atomic E-state index is 0.0282. The summed E-state index contributed by atoms with van der Waals surface area (Å²) in [6.07, 6.45) is 0.959. The predicted molar refractivity (Wildman–Crippen MR) is 139 cm³/mol. The number of anilines is 1. The number of rotatable bonds is 6. The molecule has 0 radical (unpaired) electrons. The molecule has 2 N–H and O–H groups in total. The normalized spacial score (nSPS) is 14.9. The van der Waals surface area contributed by atoms with E-state index in [4.69, 9.17) is 23.2 Å². The van der Waals surface area contributed by atoms with Gasteiger partial charge in [0.15, 0.2) is 9.84 Å². The Bertz CT molecular complexity index is 1310. The molecule has 0 fully saturated rings. The van der Waals surface area contributed by atoms with E-state index < -0.39 is 15.9 Å². The number of carbonyl (C=O) groups excluding carboxylic acids is 1. The average molecular weight is 539 g/mol. The van der Waals surface area contributed by atoms with Crippen molar-refractivity contribution in [2.24, 2.45) is 0 Å². The molecule has 1 unspecified atom stereocenters. The molecule has 6 nitrogen and oxygen atoms in total. The molecule has 1 atom stereocenters. The third kappa shape index (κ3) is 5.75. The molecule has 2 amide bonds. The highest BCUT2D eigenvalue weighted by molar-refractivity contribution is 7.90. The van der Waals surface area contributed by atoms with Gasteiger partial charge in [0, 0.05) is 28.5 Å². The largest absolute Gasteiger partial charge is 0.331 e. The number of nitrogens with one attached hydrogen (secondary N) is 2. The van der Waals surface area contributed by atoms with E-state index in [1.165, 1.54) is 22.6 Å². The van der Waals surface area contributed by atoms with Crippen LogP contribution < -0.4 is 10.6 Å². The van der Waals surface area contributed by atoms with Gasteiger partial charge < -0.3 is 15.5 Å². The van der Waals surface area contributed by atoms with Crippen molar-refractivity contribution in [3.63, 3.8) is 0 Å². The van der Waals surface area contributed by atoms with Crippen LogP contribution in [-0.2, 0) is 28.6 Å². The first kappa shape index (κ1) is 25.0. The number of likely N-dealkylation sites (N-methyl/N-ethyl adjacent to an activating group) is 1. The fourth-order valence-electron chi connectivity index (χ4n) is 3.92. The molecule has 34 heavy (non-hydrogen) atoms. The molecule has 2 aromatic carbocycles. The van der Waals surface area contributed by atoms with Crippen LogP contribution in [0.25, 0.3) is 0 Å². The second kappa shape index (κ2) is 10.3. The van der Waals surface area contributed by atoms with Crippen molar-refractivity contribution in [1.82, 2.24) is 10.2 Å². The Morgan fingerprint density at radius 3 is 2.65 bits per heavy atom. The summed E-state index contributed by atoms with van der Waals surface area (Å²) in [4.78, 5) is 17.0. The van der Waals surface area contributed by atoms with E-state index in [2.05, 4.69) is 22.6 Å². The summed E-state index contributed by atoms with van der Waals surface area (Å²) in [7, 11) is -1.42. The highest BCUT2D eigenvalue weighted by Gasteiger charge is 2.21. The summed E-state index contributed by atoms with van der Waals surface area (Å²) in [5, 5.41) is 6.33. The molecule has 0 aliphatic carbocycles. The van der Waals surface area contributed by atoms with Gasteiger partial charge in [0.25, 0.3) is 0 Å². The standard InChI is InChI=1S/C24H25Cl2N3O3S2/c1-15(20-4-3-5-21(25)23(20)26)27-24(30)28-17-6-8-19(9-7-17)34(31,32)14-18-12-16-13-29(2)11-10-22(16)33-18/h3-9,12,15H,10-11,13-14H2,1-2H3,(H2,27,28,30). The van der Waals surface area contributed by atoms with E-state index >= 15 is 0 Å². The number of hydrogen-bond donors (Lipinski definition) is 2. The molecule has 4 rings (SSSR count). The number of thiophene rings is 1. The maximum absolute atomic E-state index is 12.9. The van der Waals surface area contributed by atoms with Crippen molar-refractivity contribution in [1.29, 1.82) is 0 Å². The number of sulfone groups is 1. The first-order valence-corrected chi connectivity index (χ1v) is 14.0. The van der Waals surface area contributed by atoms with Crippen LogP contribution in [0.3, 0.4) is 0 Å². The van der Waals surface area contributed by atoms with Crippen molar-refractivity contribution in [2.75, 3.05) is 18.9 Å². The van der Waals surface area contributed by atoms with Gasteiger partial charge in [0.2, 0.25) is 0 Å². The molecular formula is C24H25Cl2N3O3S2. The van der Waals surface area contributed by atoms with Crippen molar-refractivity contribution in [3.8, 4) is 0 Å². The van der Waals surface area contributed by atoms with Crippen molar-refractivity contribution in [2.45, 2.75) is 36.6 Å². The monoisotopic (exact) mass is 537 g/mol. The number of halogens is 2. The van der Waals surface area contributed by atoms with Crippen LogP contribution in [0.2, 0.25) is 10.0 Å². The summed E-state index contributed by atoms with van der Waals surface area (Å²) >= 11 is 13.9. The predicted octanol–water partition coefficient (Wildman–Crippen LogP) is 5.90. The zero-order valence-corrected chi connectivity index (χ0v) is 21.9. The third-order valence-electron chi connectivity index (χ3n) is 5.71. The minimum atomic E-state index is -3.49. The van der Waals surface area contributed by atoms with E-state index in [1.54, 1.807) is 48.6 Å². The molecular weight excluding hydrogens is 513 g/mol. The third-order valence-corrected chi connectivity index (χ3v) is 9.64. The van der Waals surface area contributed by atoms with Crippen LogP contribution in [0.5, 0.6) is 0 Å².